The third-order valence-electron chi connectivity index (χ3n) is 6.60. The summed E-state index contributed by atoms with van der Waals surface area (Å²) in [6, 6.07) is 7.97. The minimum absolute atomic E-state index is 0.0523. The quantitative estimate of drug-likeness (QED) is 0.640. The van der Waals surface area contributed by atoms with E-state index in [1.54, 1.807) is 20.9 Å². The lowest BCUT2D eigenvalue weighted by atomic mass is 9.82. The predicted molar refractivity (Wildman–Crippen MR) is 118 cm³/mol. The summed E-state index contributed by atoms with van der Waals surface area (Å²) in [5, 5.41) is 12.4. The van der Waals surface area contributed by atoms with Crippen LogP contribution in [0.25, 0.3) is 5.69 Å². The zero-order valence-electron chi connectivity index (χ0n) is 17.1. The number of piperidine rings is 1. The summed E-state index contributed by atoms with van der Waals surface area (Å²) in [6.45, 7) is 2.20. The van der Waals surface area contributed by atoms with Crippen LogP contribution < -0.4 is 5.32 Å². The molecule has 1 fully saturated rings. The minimum atomic E-state index is -0.302. The van der Waals surface area contributed by atoms with E-state index >= 15 is 0 Å². The number of nitrogens with zero attached hydrogens (tertiary/aromatic N) is 4. The van der Waals surface area contributed by atoms with Crippen LogP contribution in [-0.4, -0.2) is 46.0 Å². The average Bonchev–Trinajstić information content (AvgIpc) is 3.47. The number of hydrogen-bond acceptors (Lipinski definition) is 6. The Hall–Kier alpha value is -2.26. The number of carbonyl (C=O) groups is 1. The van der Waals surface area contributed by atoms with Crippen LogP contribution in [0.15, 0.2) is 30.5 Å². The predicted octanol–water partition coefficient (Wildman–Crippen LogP) is 3.46. The smallest absolute Gasteiger partial charge is 0.254 e. The van der Waals surface area contributed by atoms with Gasteiger partial charge >= 0.3 is 0 Å². The van der Waals surface area contributed by atoms with Crippen LogP contribution in [0.5, 0.6) is 0 Å². The van der Waals surface area contributed by atoms with Gasteiger partial charge in [-0.15, -0.1) is 16.4 Å². The van der Waals surface area contributed by atoms with Crippen LogP contribution in [-0.2, 0) is 23.3 Å². The van der Waals surface area contributed by atoms with Crippen molar-refractivity contribution in [3.63, 3.8) is 0 Å². The van der Waals surface area contributed by atoms with Crippen molar-refractivity contribution in [3.05, 3.63) is 62.1 Å². The van der Waals surface area contributed by atoms with E-state index in [0.717, 1.165) is 59.3 Å². The molecule has 3 aliphatic rings. The van der Waals surface area contributed by atoms with Crippen LogP contribution in [0.4, 0.5) is 0 Å². The van der Waals surface area contributed by atoms with Crippen LogP contribution in [0.2, 0.25) is 4.34 Å². The van der Waals surface area contributed by atoms with Gasteiger partial charge in [-0.2, -0.15) is 0 Å². The third-order valence-corrected chi connectivity index (χ3v) is 8.09. The van der Waals surface area contributed by atoms with Crippen molar-refractivity contribution in [1.29, 1.82) is 0 Å². The fraction of sp³-hybridized carbons (Fsp3) is 0.409. The van der Waals surface area contributed by atoms with Crippen LogP contribution in [0.1, 0.15) is 50.9 Å². The summed E-state index contributed by atoms with van der Waals surface area (Å²) in [5.74, 6) is 0.0677. The molecular weight excluding hydrogens is 434 g/mol. The highest BCUT2D eigenvalue weighted by Crippen LogP contribution is 2.48. The van der Waals surface area contributed by atoms with Gasteiger partial charge in [0, 0.05) is 30.5 Å². The van der Waals surface area contributed by atoms with Gasteiger partial charge in [0.1, 0.15) is 11.3 Å². The highest BCUT2D eigenvalue weighted by atomic mass is 35.5. The molecule has 2 aromatic heterocycles. The van der Waals surface area contributed by atoms with Gasteiger partial charge in [0.05, 0.1) is 28.9 Å². The Morgan fingerprint density at radius 1 is 1.32 bits per heavy atom. The van der Waals surface area contributed by atoms with Crippen LogP contribution in [0.3, 0.4) is 0 Å². The second-order valence-corrected chi connectivity index (χ2v) is 10.2. The minimum Gasteiger partial charge on any atom is -0.369 e. The molecule has 0 bridgehead atoms. The Bertz CT molecular complexity index is 1190. The van der Waals surface area contributed by atoms with Gasteiger partial charge in [0.2, 0.25) is 0 Å². The molecule has 0 saturated carbocycles. The van der Waals surface area contributed by atoms with Gasteiger partial charge in [-0.25, -0.2) is 4.68 Å². The number of fused-ring (bicyclic) bond motifs is 3. The van der Waals surface area contributed by atoms with E-state index in [4.69, 9.17) is 16.3 Å². The summed E-state index contributed by atoms with van der Waals surface area (Å²) in [4.78, 5) is 15.2. The molecule has 1 amide bonds. The van der Waals surface area contributed by atoms with Gasteiger partial charge in [-0.05, 0) is 54.8 Å². The van der Waals surface area contributed by atoms with Crippen molar-refractivity contribution in [2.45, 2.75) is 37.5 Å². The summed E-state index contributed by atoms with van der Waals surface area (Å²) in [7, 11) is 1.82. The number of ether oxygens (including phenoxy) is 1. The van der Waals surface area contributed by atoms with E-state index in [1.807, 2.05) is 31.4 Å². The van der Waals surface area contributed by atoms with E-state index in [1.165, 1.54) is 10.4 Å². The molecule has 5 heterocycles. The molecule has 2 atom stereocenters. The first kappa shape index (κ1) is 19.4. The normalized spacial score (nSPS) is 25.2. The number of rotatable bonds is 2. The number of thiophene rings is 1. The van der Waals surface area contributed by atoms with Crippen molar-refractivity contribution >= 4 is 28.8 Å². The molecule has 3 aliphatic heterocycles. The summed E-state index contributed by atoms with van der Waals surface area (Å²) >= 11 is 7.98. The molecule has 0 unspecified atom stereocenters. The maximum absolute atomic E-state index is 12.2. The van der Waals surface area contributed by atoms with Gasteiger partial charge in [-0.3, -0.25) is 4.79 Å². The topological polar surface area (TPSA) is 72.3 Å². The van der Waals surface area contributed by atoms with E-state index in [9.17, 15) is 4.79 Å². The first-order chi connectivity index (χ1) is 15.0. The number of nitrogens with one attached hydrogen (secondary N) is 1. The van der Waals surface area contributed by atoms with Crippen molar-refractivity contribution in [2.24, 2.45) is 0 Å². The second-order valence-electron chi connectivity index (χ2n) is 8.55. The largest absolute Gasteiger partial charge is 0.369 e. The molecule has 0 radical (unpaired) electrons. The fourth-order valence-electron chi connectivity index (χ4n) is 5.04. The molecule has 9 heteroatoms. The molecule has 0 aliphatic carbocycles. The highest BCUT2D eigenvalue weighted by Gasteiger charge is 2.44. The van der Waals surface area contributed by atoms with E-state index < -0.39 is 0 Å². The fourth-order valence-corrected chi connectivity index (χ4v) is 6.53. The first-order valence-electron chi connectivity index (χ1n) is 10.5. The maximum Gasteiger partial charge on any atom is 0.254 e. The summed E-state index contributed by atoms with van der Waals surface area (Å²) in [6.07, 6.45) is 4.63. The number of hydrogen-bond donors (Lipinski definition) is 1. The molecule has 6 rings (SSSR count). The van der Waals surface area contributed by atoms with Crippen molar-refractivity contribution < 1.29 is 9.53 Å². The lowest BCUT2D eigenvalue weighted by Gasteiger charge is -2.43. The lowest BCUT2D eigenvalue weighted by Crippen LogP contribution is -2.45. The zero-order chi connectivity index (χ0) is 21.2. The molecule has 31 heavy (non-hydrogen) atoms. The van der Waals surface area contributed by atoms with Crippen LogP contribution in [0, 0.1) is 0 Å². The molecule has 1 N–H and O–H groups in total. The Morgan fingerprint density at radius 2 is 2.23 bits per heavy atom. The van der Waals surface area contributed by atoms with E-state index in [2.05, 4.69) is 21.7 Å². The summed E-state index contributed by atoms with van der Waals surface area (Å²) in [5.41, 5.74) is 4.61. The van der Waals surface area contributed by atoms with Gasteiger partial charge in [0.25, 0.3) is 5.91 Å². The molecule has 3 aromatic rings. The highest BCUT2D eigenvalue weighted by molar-refractivity contribution is 7.16. The van der Waals surface area contributed by atoms with Gasteiger partial charge < -0.3 is 15.0 Å². The Morgan fingerprint density at radius 3 is 3.13 bits per heavy atom. The standard InChI is InChI=1S/C22H22ClN5O2S/c1-27-11-14-8-15(2-3-16(14)21(27)29)28-12-18(25-26-28)17-10-22(5-6-24-17)20-13(4-7-30-22)9-19(23)31-20/h2-3,8-9,12,17,24H,4-7,10-11H2,1H3/t17-,22-/m0/s1. The van der Waals surface area contributed by atoms with E-state index in [0.29, 0.717) is 6.54 Å². The SMILES string of the molecule is CN1Cc2cc(-n3cc([C@@H]4C[C@]5(CCN4)OCCc4cc(Cl)sc45)nn3)ccc2C1=O. The van der Waals surface area contributed by atoms with Crippen molar-refractivity contribution in [2.75, 3.05) is 20.2 Å². The lowest BCUT2D eigenvalue weighted by molar-refractivity contribution is -0.0871. The van der Waals surface area contributed by atoms with E-state index in [-0.39, 0.29) is 17.6 Å². The number of benzene rings is 1. The summed E-state index contributed by atoms with van der Waals surface area (Å²) < 4.78 is 9.00. The van der Waals surface area contributed by atoms with Crippen molar-refractivity contribution in [3.8, 4) is 5.69 Å². The second kappa shape index (κ2) is 7.13. The number of carbonyl (C=O) groups excluding carboxylic acids is 1. The Labute approximate surface area is 189 Å². The average molecular weight is 456 g/mol. The molecule has 160 valence electrons. The van der Waals surface area contributed by atoms with Gasteiger partial charge in [0.15, 0.2) is 0 Å². The molecular formula is C22H22ClN5O2S. The molecule has 1 aromatic carbocycles. The number of halogens is 1. The van der Waals surface area contributed by atoms with Crippen LogP contribution >= 0.6 is 22.9 Å². The number of aromatic nitrogens is 3. The van der Waals surface area contributed by atoms with Crippen molar-refractivity contribution in [1.82, 2.24) is 25.2 Å². The Balaban J connectivity index is 1.28. The number of amides is 1. The molecule has 1 spiro atoms. The van der Waals surface area contributed by atoms with Gasteiger partial charge in [-0.1, -0.05) is 16.8 Å². The Kier molecular flexibility index (Phi) is 4.47. The third kappa shape index (κ3) is 3.12. The molecule has 1 saturated heterocycles. The monoisotopic (exact) mass is 455 g/mol. The molecule has 7 nitrogen and oxygen atoms in total. The first-order valence-corrected chi connectivity index (χ1v) is 11.7. The zero-order valence-corrected chi connectivity index (χ0v) is 18.7. The maximum atomic E-state index is 12.2.